The lowest BCUT2D eigenvalue weighted by Gasteiger charge is -2.32. The van der Waals surface area contributed by atoms with Gasteiger partial charge < -0.3 is 10.5 Å². The molecule has 0 radical (unpaired) electrons. The second-order valence-electron chi connectivity index (χ2n) is 4.87. The van der Waals surface area contributed by atoms with Crippen LogP contribution >= 0.6 is 23.8 Å². The summed E-state index contributed by atoms with van der Waals surface area (Å²) in [6.45, 7) is 7.91. The molecule has 2 rings (SSSR count). The molecule has 1 atom stereocenters. The third-order valence-electron chi connectivity index (χ3n) is 3.54. The van der Waals surface area contributed by atoms with Crippen LogP contribution in [0.4, 0.5) is 0 Å². The van der Waals surface area contributed by atoms with E-state index in [9.17, 15) is 0 Å². The number of rotatable bonds is 5. The lowest BCUT2D eigenvalue weighted by Crippen LogP contribution is -2.47. The summed E-state index contributed by atoms with van der Waals surface area (Å²) in [4.78, 5) is 2.68. The van der Waals surface area contributed by atoms with Gasteiger partial charge in [0.1, 0.15) is 11.1 Å². The van der Waals surface area contributed by atoms with E-state index in [0.717, 1.165) is 42.5 Å². The van der Waals surface area contributed by atoms with Gasteiger partial charge in [0.15, 0.2) is 0 Å². The van der Waals surface area contributed by atoms with Crippen LogP contribution in [0.2, 0.25) is 5.02 Å². The molecule has 1 aromatic rings. The number of aromatic nitrogens is 2. The van der Waals surface area contributed by atoms with E-state index in [4.69, 9.17) is 34.3 Å². The maximum absolute atomic E-state index is 6.43. The van der Waals surface area contributed by atoms with Crippen molar-refractivity contribution in [3.05, 3.63) is 16.4 Å². The molecule has 0 aliphatic carbocycles. The molecule has 1 aromatic heterocycles. The molecular formula is C13H21ClN4OS. The maximum atomic E-state index is 6.43. The monoisotopic (exact) mass is 316 g/mol. The third-order valence-corrected chi connectivity index (χ3v) is 4.23. The highest BCUT2D eigenvalue weighted by Crippen LogP contribution is 2.23. The van der Waals surface area contributed by atoms with Crippen LogP contribution in [0.15, 0.2) is 0 Å². The first-order chi connectivity index (χ1) is 9.56. The number of halogens is 1. The lowest BCUT2D eigenvalue weighted by molar-refractivity contribution is 0.00299. The van der Waals surface area contributed by atoms with Gasteiger partial charge in [0.25, 0.3) is 0 Å². The summed E-state index contributed by atoms with van der Waals surface area (Å²) in [5.41, 5.74) is 7.70. The Balaban J connectivity index is 2.13. The van der Waals surface area contributed by atoms with Crippen molar-refractivity contribution in [1.29, 1.82) is 0 Å². The van der Waals surface area contributed by atoms with Gasteiger partial charge >= 0.3 is 0 Å². The summed E-state index contributed by atoms with van der Waals surface area (Å²) in [5, 5.41) is 5.33. The van der Waals surface area contributed by atoms with Gasteiger partial charge in [0, 0.05) is 26.2 Å². The van der Waals surface area contributed by atoms with Gasteiger partial charge in [-0.1, -0.05) is 30.7 Å². The summed E-state index contributed by atoms with van der Waals surface area (Å²) in [5.74, 6) is 0. The molecule has 1 aliphatic heterocycles. The maximum Gasteiger partial charge on any atom is 0.120 e. The number of aryl methyl sites for hydroxylation is 2. The van der Waals surface area contributed by atoms with E-state index in [1.54, 1.807) is 0 Å². The molecule has 2 N–H and O–H groups in total. The minimum absolute atomic E-state index is 0.166. The molecule has 0 amide bonds. The van der Waals surface area contributed by atoms with Gasteiger partial charge in [0.2, 0.25) is 0 Å². The van der Waals surface area contributed by atoms with Gasteiger partial charge in [-0.3, -0.25) is 9.58 Å². The highest BCUT2D eigenvalue weighted by molar-refractivity contribution is 7.80. The van der Waals surface area contributed by atoms with Crippen LogP contribution in [-0.2, 0) is 24.2 Å². The predicted octanol–water partition coefficient (Wildman–Crippen LogP) is 1.61. The average Bonchev–Trinajstić information content (AvgIpc) is 2.75. The number of nitrogens with zero attached hydrogens (tertiary/aromatic N) is 3. The highest BCUT2D eigenvalue weighted by Gasteiger charge is 2.25. The predicted molar refractivity (Wildman–Crippen MR) is 84.1 cm³/mol. The Morgan fingerprint density at radius 1 is 1.55 bits per heavy atom. The molecule has 0 aromatic carbocycles. The SMILES string of the molecule is CCc1nn(CC)c(CN2CCOC(C(N)=S)C2)c1Cl. The van der Waals surface area contributed by atoms with E-state index in [-0.39, 0.29) is 6.10 Å². The molecule has 7 heteroatoms. The van der Waals surface area contributed by atoms with E-state index < -0.39 is 0 Å². The number of morpholine rings is 1. The minimum atomic E-state index is -0.166. The van der Waals surface area contributed by atoms with Crippen molar-refractivity contribution in [2.75, 3.05) is 19.7 Å². The van der Waals surface area contributed by atoms with Gasteiger partial charge in [-0.2, -0.15) is 5.10 Å². The molecule has 1 unspecified atom stereocenters. The lowest BCUT2D eigenvalue weighted by atomic mass is 10.2. The zero-order valence-electron chi connectivity index (χ0n) is 11.9. The van der Waals surface area contributed by atoms with Crippen molar-refractivity contribution in [2.45, 2.75) is 39.5 Å². The summed E-state index contributed by atoms with van der Waals surface area (Å²) in [7, 11) is 0. The quantitative estimate of drug-likeness (QED) is 0.836. The fourth-order valence-corrected chi connectivity index (χ4v) is 2.87. The van der Waals surface area contributed by atoms with Crippen molar-refractivity contribution in [3.63, 3.8) is 0 Å². The van der Waals surface area contributed by atoms with Crippen LogP contribution in [0.5, 0.6) is 0 Å². The molecule has 1 aliphatic rings. The first-order valence-electron chi connectivity index (χ1n) is 6.94. The Hall–Kier alpha value is -0.690. The highest BCUT2D eigenvalue weighted by atomic mass is 35.5. The molecule has 0 spiro atoms. The smallest absolute Gasteiger partial charge is 0.120 e. The summed E-state index contributed by atoms with van der Waals surface area (Å²) < 4.78 is 7.54. The summed E-state index contributed by atoms with van der Waals surface area (Å²) >= 11 is 11.4. The third kappa shape index (κ3) is 3.31. The fourth-order valence-electron chi connectivity index (χ4n) is 2.40. The van der Waals surface area contributed by atoms with E-state index in [2.05, 4.69) is 23.8 Å². The number of thiocarbonyl (C=S) groups is 1. The van der Waals surface area contributed by atoms with Crippen molar-refractivity contribution in [2.24, 2.45) is 5.73 Å². The second kappa shape index (κ2) is 6.85. The standard InChI is InChI=1S/C13H21ClN4OS/c1-3-9-12(14)10(18(4-2)16-9)7-17-5-6-19-11(8-17)13(15)20/h11H,3-8H2,1-2H3,(H2,15,20). The van der Waals surface area contributed by atoms with Crippen molar-refractivity contribution in [3.8, 4) is 0 Å². The van der Waals surface area contributed by atoms with E-state index in [0.29, 0.717) is 18.1 Å². The Morgan fingerprint density at radius 3 is 2.90 bits per heavy atom. The number of nitrogens with two attached hydrogens (primary N) is 1. The fraction of sp³-hybridized carbons (Fsp3) is 0.692. The Morgan fingerprint density at radius 2 is 2.30 bits per heavy atom. The molecule has 0 bridgehead atoms. The van der Waals surface area contributed by atoms with Crippen LogP contribution in [0.25, 0.3) is 0 Å². The van der Waals surface area contributed by atoms with Crippen molar-refractivity contribution >= 4 is 28.8 Å². The summed E-state index contributed by atoms with van der Waals surface area (Å²) in [6.07, 6.45) is 0.679. The number of ether oxygens (including phenoxy) is 1. The minimum Gasteiger partial charge on any atom is -0.391 e. The van der Waals surface area contributed by atoms with Crippen LogP contribution in [0, 0.1) is 0 Å². The summed E-state index contributed by atoms with van der Waals surface area (Å²) in [6, 6.07) is 0. The molecular weight excluding hydrogens is 296 g/mol. The van der Waals surface area contributed by atoms with E-state index >= 15 is 0 Å². The first-order valence-corrected chi connectivity index (χ1v) is 7.72. The van der Waals surface area contributed by atoms with E-state index in [1.807, 2.05) is 4.68 Å². The number of hydrogen-bond donors (Lipinski definition) is 1. The Bertz CT molecular complexity index is 491. The van der Waals surface area contributed by atoms with Gasteiger partial charge in [-0.25, -0.2) is 0 Å². The molecule has 20 heavy (non-hydrogen) atoms. The zero-order chi connectivity index (χ0) is 14.7. The van der Waals surface area contributed by atoms with Crippen LogP contribution in [0.3, 0.4) is 0 Å². The molecule has 5 nitrogen and oxygen atoms in total. The van der Waals surface area contributed by atoms with Gasteiger partial charge in [-0.05, 0) is 13.3 Å². The second-order valence-corrected chi connectivity index (χ2v) is 5.72. The topological polar surface area (TPSA) is 56.3 Å². The molecule has 112 valence electrons. The van der Waals surface area contributed by atoms with Gasteiger partial charge in [0.05, 0.1) is 23.0 Å². The van der Waals surface area contributed by atoms with Crippen LogP contribution in [-0.4, -0.2) is 45.5 Å². The van der Waals surface area contributed by atoms with Crippen molar-refractivity contribution in [1.82, 2.24) is 14.7 Å². The van der Waals surface area contributed by atoms with Gasteiger partial charge in [-0.15, -0.1) is 0 Å². The molecule has 0 saturated carbocycles. The van der Waals surface area contributed by atoms with Crippen LogP contribution in [0.1, 0.15) is 25.2 Å². The zero-order valence-corrected chi connectivity index (χ0v) is 13.5. The Kier molecular flexibility index (Phi) is 5.37. The molecule has 2 heterocycles. The Labute approximate surface area is 130 Å². The van der Waals surface area contributed by atoms with Crippen LogP contribution < -0.4 is 5.73 Å². The normalized spacial score (nSPS) is 20.2. The van der Waals surface area contributed by atoms with E-state index in [1.165, 1.54) is 0 Å². The van der Waals surface area contributed by atoms with Crippen molar-refractivity contribution < 1.29 is 4.74 Å². The first kappa shape index (κ1) is 15.7. The largest absolute Gasteiger partial charge is 0.391 e. The molecule has 1 fully saturated rings. The molecule has 1 saturated heterocycles. The average molecular weight is 317 g/mol. The number of hydrogen-bond acceptors (Lipinski definition) is 4.